The van der Waals surface area contributed by atoms with Gasteiger partial charge in [0, 0.05) is 31.3 Å². The Morgan fingerprint density at radius 2 is 2.06 bits per heavy atom. The van der Waals surface area contributed by atoms with E-state index in [0.29, 0.717) is 18.1 Å². The highest BCUT2D eigenvalue weighted by atomic mass is 16.3. The first kappa shape index (κ1) is 13.9. The molecule has 1 fully saturated rings. The maximum absolute atomic E-state index is 9.13. The monoisotopic (exact) mass is 228 g/mol. The zero-order chi connectivity index (χ0) is 12.3. The van der Waals surface area contributed by atoms with Gasteiger partial charge in [-0.05, 0) is 32.2 Å². The molecule has 3 unspecified atom stereocenters. The molecule has 0 amide bonds. The molecule has 0 spiro atoms. The van der Waals surface area contributed by atoms with Gasteiger partial charge in [-0.3, -0.25) is 0 Å². The number of hydrogen-bond donors (Lipinski definition) is 2. The van der Waals surface area contributed by atoms with Crippen molar-refractivity contribution in [1.82, 2.24) is 10.2 Å². The molecule has 1 aliphatic heterocycles. The third kappa shape index (κ3) is 3.72. The van der Waals surface area contributed by atoms with E-state index in [9.17, 15) is 0 Å². The zero-order valence-corrected chi connectivity index (χ0v) is 11.5. The van der Waals surface area contributed by atoms with E-state index in [1.54, 1.807) is 0 Å². The molecule has 1 saturated heterocycles. The van der Waals surface area contributed by atoms with Gasteiger partial charge in [0.15, 0.2) is 0 Å². The molecule has 0 aromatic rings. The summed E-state index contributed by atoms with van der Waals surface area (Å²) in [6, 6.07) is 1.66. The lowest BCUT2D eigenvalue weighted by Gasteiger charge is -2.33. The summed E-state index contributed by atoms with van der Waals surface area (Å²) in [5, 5.41) is 12.8. The van der Waals surface area contributed by atoms with E-state index in [4.69, 9.17) is 5.11 Å². The number of rotatable bonds is 4. The van der Waals surface area contributed by atoms with Crippen molar-refractivity contribution in [3.05, 3.63) is 0 Å². The second-order valence-corrected chi connectivity index (χ2v) is 6.32. The Labute approximate surface area is 100 Å². The van der Waals surface area contributed by atoms with Crippen molar-refractivity contribution in [2.45, 2.75) is 58.7 Å². The first-order valence-electron chi connectivity index (χ1n) is 6.41. The standard InChI is InChI=1S/C13H28N2O/c1-10-8-11(9-15(10)5)14-12(6-7-16)13(2,3)4/h10-12,14,16H,6-9H2,1-5H3. The van der Waals surface area contributed by atoms with Gasteiger partial charge in [0.25, 0.3) is 0 Å². The number of nitrogens with zero attached hydrogens (tertiary/aromatic N) is 1. The fourth-order valence-electron chi connectivity index (χ4n) is 2.49. The maximum atomic E-state index is 9.13. The van der Waals surface area contributed by atoms with Crippen LogP contribution in [-0.2, 0) is 0 Å². The maximum Gasteiger partial charge on any atom is 0.0446 e. The lowest BCUT2D eigenvalue weighted by Crippen LogP contribution is -2.47. The average molecular weight is 228 g/mol. The highest BCUT2D eigenvalue weighted by Crippen LogP contribution is 2.24. The third-order valence-electron chi connectivity index (χ3n) is 3.79. The fourth-order valence-corrected chi connectivity index (χ4v) is 2.49. The minimum absolute atomic E-state index is 0.215. The number of likely N-dealkylation sites (N-methyl/N-ethyl adjacent to an activating group) is 1. The van der Waals surface area contributed by atoms with Crippen molar-refractivity contribution < 1.29 is 5.11 Å². The molecule has 3 heteroatoms. The van der Waals surface area contributed by atoms with Crippen molar-refractivity contribution in [3.63, 3.8) is 0 Å². The largest absolute Gasteiger partial charge is 0.396 e. The summed E-state index contributed by atoms with van der Waals surface area (Å²) in [6.45, 7) is 10.4. The quantitative estimate of drug-likeness (QED) is 0.765. The van der Waals surface area contributed by atoms with Gasteiger partial charge in [-0.1, -0.05) is 20.8 Å². The van der Waals surface area contributed by atoms with Gasteiger partial charge in [-0.25, -0.2) is 0 Å². The minimum Gasteiger partial charge on any atom is -0.396 e. The molecule has 0 aromatic carbocycles. The van der Waals surface area contributed by atoms with Crippen LogP contribution in [-0.4, -0.2) is 48.3 Å². The van der Waals surface area contributed by atoms with Crippen LogP contribution < -0.4 is 5.32 Å². The van der Waals surface area contributed by atoms with E-state index in [0.717, 1.165) is 13.0 Å². The van der Waals surface area contributed by atoms with Crippen LogP contribution in [0.5, 0.6) is 0 Å². The van der Waals surface area contributed by atoms with Gasteiger partial charge in [0.05, 0.1) is 0 Å². The van der Waals surface area contributed by atoms with Gasteiger partial charge in [0.1, 0.15) is 0 Å². The van der Waals surface area contributed by atoms with E-state index < -0.39 is 0 Å². The highest BCUT2D eigenvalue weighted by Gasteiger charge is 2.31. The lowest BCUT2D eigenvalue weighted by atomic mass is 9.84. The van der Waals surface area contributed by atoms with Crippen molar-refractivity contribution >= 4 is 0 Å². The molecule has 3 nitrogen and oxygen atoms in total. The van der Waals surface area contributed by atoms with Gasteiger partial charge < -0.3 is 15.3 Å². The van der Waals surface area contributed by atoms with Gasteiger partial charge in [-0.15, -0.1) is 0 Å². The number of aliphatic hydroxyl groups is 1. The predicted molar refractivity (Wildman–Crippen MR) is 68.6 cm³/mol. The summed E-state index contributed by atoms with van der Waals surface area (Å²) in [7, 11) is 2.19. The first-order chi connectivity index (χ1) is 7.34. The molecule has 0 aromatic heterocycles. The van der Waals surface area contributed by atoms with E-state index >= 15 is 0 Å². The number of nitrogens with one attached hydrogen (secondary N) is 1. The summed E-state index contributed by atoms with van der Waals surface area (Å²) >= 11 is 0. The van der Waals surface area contributed by atoms with Crippen molar-refractivity contribution in [2.75, 3.05) is 20.2 Å². The van der Waals surface area contributed by atoms with Gasteiger partial charge >= 0.3 is 0 Å². The van der Waals surface area contributed by atoms with Crippen LogP contribution in [0, 0.1) is 5.41 Å². The average Bonchev–Trinajstić information content (AvgIpc) is 2.44. The number of aliphatic hydroxyl groups excluding tert-OH is 1. The Hall–Kier alpha value is -0.120. The fraction of sp³-hybridized carbons (Fsp3) is 1.00. The second kappa shape index (κ2) is 5.48. The molecular formula is C13H28N2O. The molecule has 96 valence electrons. The normalized spacial score (nSPS) is 29.6. The molecule has 0 saturated carbocycles. The van der Waals surface area contributed by atoms with E-state index in [1.807, 2.05) is 0 Å². The Morgan fingerprint density at radius 1 is 1.44 bits per heavy atom. The lowest BCUT2D eigenvalue weighted by molar-refractivity contribution is 0.185. The molecule has 16 heavy (non-hydrogen) atoms. The van der Waals surface area contributed by atoms with Gasteiger partial charge in [-0.2, -0.15) is 0 Å². The zero-order valence-electron chi connectivity index (χ0n) is 11.5. The Bertz CT molecular complexity index is 202. The SMILES string of the molecule is CC1CC(NC(CCO)C(C)(C)C)CN1C. The van der Waals surface area contributed by atoms with Crippen LogP contribution in [0.4, 0.5) is 0 Å². The Balaban J connectivity index is 2.50. The van der Waals surface area contributed by atoms with Gasteiger partial charge in [0.2, 0.25) is 0 Å². The van der Waals surface area contributed by atoms with Crippen molar-refractivity contribution in [3.8, 4) is 0 Å². The smallest absolute Gasteiger partial charge is 0.0446 e. The first-order valence-corrected chi connectivity index (χ1v) is 6.41. The highest BCUT2D eigenvalue weighted by molar-refractivity contribution is 4.90. The summed E-state index contributed by atoms with van der Waals surface area (Å²) in [6.07, 6.45) is 2.06. The molecule has 3 atom stereocenters. The van der Waals surface area contributed by atoms with Crippen molar-refractivity contribution in [1.29, 1.82) is 0 Å². The second-order valence-electron chi connectivity index (χ2n) is 6.32. The summed E-state index contributed by atoms with van der Waals surface area (Å²) in [5.74, 6) is 0. The molecule has 0 aliphatic carbocycles. The van der Waals surface area contributed by atoms with Crippen LogP contribution in [0.25, 0.3) is 0 Å². The predicted octanol–water partition coefficient (Wildman–Crippen LogP) is 1.47. The van der Waals surface area contributed by atoms with E-state index in [2.05, 4.69) is 45.0 Å². The summed E-state index contributed by atoms with van der Waals surface area (Å²) < 4.78 is 0. The number of hydrogen-bond acceptors (Lipinski definition) is 3. The van der Waals surface area contributed by atoms with Crippen LogP contribution in [0.15, 0.2) is 0 Å². The Kier molecular flexibility index (Phi) is 4.77. The molecule has 1 aliphatic rings. The molecule has 0 radical (unpaired) electrons. The van der Waals surface area contributed by atoms with E-state index in [-0.39, 0.29) is 12.0 Å². The number of likely N-dealkylation sites (tertiary alicyclic amines) is 1. The van der Waals surface area contributed by atoms with Crippen molar-refractivity contribution in [2.24, 2.45) is 5.41 Å². The molecular weight excluding hydrogens is 200 g/mol. The minimum atomic E-state index is 0.215. The summed E-state index contributed by atoms with van der Waals surface area (Å²) in [5.41, 5.74) is 0.215. The van der Waals surface area contributed by atoms with Crippen LogP contribution in [0.2, 0.25) is 0 Å². The molecule has 1 heterocycles. The van der Waals surface area contributed by atoms with Crippen LogP contribution in [0.1, 0.15) is 40.5 Å². The molecule has 0 bridgehead atoms. The van der Waals surface area contributed by atoms with Crippen LogP contribution >= 0.6 is 0 Å². The van der Waals surface area contributed by atoms with E-state index in [1.165, 1.54) is 6.42 Å². The topological polar surface area (TPSA) is 35.5 Å². The Morgan fingerprint density at radius 3 is 2.44 bits per heavy atom. The van der Waals surface area contributed by atoms with Crippen LogP contribution in [0.3, 0.4) is 0 Å². The third-order valence-corrected chi connectivity index (χ3v) is 3.79. The molecule has 2 N–H and O–H groups in total. The summed E-state index contributed by atoms with van der Waals surface area (Å²) in [4.78, 5) is 2.40. The molecule has 1 rings (SSSR count).